The van der Waals surface area contributed by atoms with Crippen molar-refractivity contribution in [1.82, 2.24) is 0 Å². The van der Waals surface area contributed by atoms with Gasteiger partial charge in [0.25, 0.3) is 0 Å². The second-order valence-corrected chi connectivity index (χ2v) is 4.74. The summed E-state index contributed by atoms with van der Waals surface area (Å²) in [5.74, 6) is 0.878. The van der Waals surface area contributed by atoms with Crippen molar-refractivity contribution >= 4 is 17.7 Å². The standard InChI is InChI=1S/C9H19NO3S/c1-9(10,8(12)13)4-2-6-14-7-3-5-11/h11H,2-7,10H2,1H3,(H,12,13). The molecule has 0 heterocycles. The normalized spacial score (nSPS) is 15.1. The number of thioether (sulfide) groups is 1. The molecule has 14 heavy (non-hydrogen) atoms. The second-order valence-electron chi connectivity index (χ2n) is 3.52. The van der Waals surface area contributed by atoms with E-state index in [-0.39, 0.29) is 6.61 Å². The molecule has 0 aliphatic heterocycles. The molecule has 1 atom stereocenters. The van der Waals surface area contributed by atoms with Crippen molar-refractivity contribution in [3.05, 3.63) is 0 Å². The summed E-state index contributed by atoms with van der Waals surface area (Å²) in [7, 11) is 0. The zero-order valence-electron chi connectivity index (χ0n) is 8.53. The summed E-state index contributed by atoms with van der Waals surface area (Å²) >= 11 is 1.72. The first-order valence-corrected chi connectivity index (χ1v) is 5.87. The third kappa shape index (κ3) is 6.23. The van der Waals surface area contributed by atoms with Gasteiger partial charge in [0.2, 0.25) is 0 Å². The fourth-order valence-electron chi connectivity index (χ4n) is 0.917. The van der Waals surface area contributed by atoms with E-state index in [2.05, 4.69) is 0 Å². The van der Waals surface area contributed by atoms with Crippen molar-refractivity contribution < 1.29 is 15.0 Å². The number of aliphatic carboxylic acids is 1. The van der Waals surface area contributed by atoms with E-state index in [1.54, 1.807) is 11.8 Å². The second kappa shape index (κ2) is 7.09. The lowest BCUT2D eigenvalue weighted by molar-refractivity contribution is -0.142. The molecule has 0 fully saturated rings. The molecule has 4 nitrogen and oxygen atoms in total. The molecule has 0 amide bonds. The third-order valence-corrected chi connectivity index (χ3v) is 3.07. The van der Waals surface area contributed by atoms with Crippen molar-refractivity contribution in [2.24, 2.45) is 5.73 Å². The fraction of sp³-hybridized carbons (Fsp3) is 0.889. The van der Waals surface area contributed by atoms with Gasteiger partial charge in [-0.05, 0) is 37.7 Å². The number of nitrogens with two attached hydrogens (primary N) is 1. The monoisotopic (exact) mass is 221 g/mol. The van der Waals surface area contributed by atoms with Crippen LogP contribution in [-0.2, 0) is 4.79 Å². The van der Waals surface area contributed by atoms with Gasteiger partial charge in [0.05, 0.1) is 0 Å². The van der Waals surface area contributed by atoms with Gasteiger partial charge in [0.1, 0.15) is 5.54 Å². The molecule has 0 aromatic rings. The lowest BCUT2D eigenvalue weighted by Crippen LogP contribution is -2.44. The molecule has 0 rings (SSSR count). The average molecular weight is 221 g/mol. The zero-order chi connectivity index (χ0) is 11.0. The third-order valence-electron chi connectivity index (χ3n) is 1.92. The summed E-state index contributed by atoms with van der Waals surface area (Å²) in [6.45, 7) is 1.75. The van der Waals surface area contributed by atoms with Crippen LogP contribution in [0.5, 0.6) is 0 Å². The predicted molar refractivity (Wildman–Crippen MR) is 58.5 cm³/mol. The molecule has 0 saturated carbocycles. The highest BCUT2D eigenvalue weighted by atomic mass is 32.2. The first-order valence-electron chi connectivity index (χ1n) is 4.71. The minimum Gasteiger partial charge on any atom is -0.480 e. The molecule has 5 heteroatoms. The van der Waals surface area contributed by atoms with Gasteiger partial charge >= 0.3 is 5.97 Å². The van der Waals surface area contributed by atoms with E-state index in [0.717, 1.165) is 24.3 Å². The van der Waals surface area contributed by atoms with E-state index in [1.807, 2.05) is 0 Å². The Morgan fingerprint density at radius 3 is 2.50 bits per heavy atom. The van der Waals surface area contributed by atoms with E-state index in [9.17, 15) is 4.79 Å². The maximum absolute atomic E-state index is 10.6. The van der Waals surface area contributed by atoms with Crippen molar-refractivity contribution in [1.29, 1.82) is 0 Å². The Hall–Kier alpha value is -0.260. The zero-order valence-corrected chi connectivity index (χ0v) is 9.35. The summed E-state index contributed by atoms with van der Waals surface area (Å²) in [6, 6.07) is 0. The van der Waals surface area contributed by atoms with Gasteiger partial charge in [-0.1, -0.05) is 0 Å². The van der Waals surface area contributed by atoms with E-state index < -0.39 is 11.5 Å². The SMILES string of the molecule is CC(N)(CCCSCCCO)C(=O)O. The van der Waals surface area contributed by atoms with Crippen LogP contribution in [0.3, 0.4) is 0 Å². The van der Waals surface area contributed by atoms with Crippen LogP contribution in [0.25, 0.3) is 0 Å². The van der Waals surface area contributed by atoms with Crippen molar-refractivity contribution in [2.75, 3.05) is 18.1 Å². The van der Waals surface area contributed by atoms with Crippen molar-refractivity contribution in [3.63, 3.8) is 0 Å². The van der Waals surface area contributed by atoms with Gasteiger partial charge in [-0.2, -0.15) is 11.8 Å². The van der Waals surface area contributed by atoms with Crippen LogP contribution in [0.4, 0.5) is 0 Å². The van der Waals surface area contributed by atoms with Gasteiger partial charge in [-0.25, -0.2) is 0 Å². The Morgan fingerprint density at radius 1 is 1.43 bits per heavy atom. The quantitative estimate of drug-likeness (QED) is 0.525. The molecular formula is C9H19NO3S. The Morgan fingerprint density at radius 2 is 2.00 bits per heavy atom. The van der Waals surface area contributed by atoms with Crippen molar-refractivity contribution in [3.8, 4) is 0 Å². The fourth-order valence-corrected chi connectivity index (χ4v) is 1.80. The predicted octanol–water partition coefficient (Wildman–Crippen LogP) is 0.684. The topological polar surface area (TPSA) is 83.5 Å². The van der Waals surface area contributed by atoms with E-state index in [1.165, 1.54) is 6.92 Å². The molecule has 0 aromatic carbocycles. The highest BCUT2D eigenvalue weighted by molar-refractivity contribution is 7.99. The lowest BCUT2D eigenvalue weighted by Gasteiger charge is -2.18. The van der Waals surface area contributed by atoms with E-state index >= 15 is 0 Å². The Balaban J connectivity index is 3.40. The van der Waals surface area contributed by atoms with E-state index in [4.69, 9.17) is 15.9 Å². The Kier molecular flexibility index (Phi) is 6.96. The first kappa shape index (κ1) is 13.7. The Labute approximate surface area is 88.9 Å². The Bertz CT molecular complexity index is 173. The molecule has 1 unspecified atom stereocenters. The van der Waals surface area contributed by atoms with Crippen LogP contribution in [0, 0.1) is 0 Å². The smallest absolute Gasteiger partial charge is 0.323 e. The highest BCUT2D eigenvalue weighted by Gasteiger charge is 2.26. The minimum absolute atomic E-state index is 0.219. The number of aliphatic hydroxyl groups is 1. The summed E-state index contributed by atoms with van der Waals surface area (Å²) in [5.41, 5.74) is 4.45. The number of aliphatic hydroxyl groups excluding tert-OH is 1. The summed E-state index contributed by atoms with van der Waals surface area (Å²) < 4.78 is 0. The maximum atomic E-state index is 10.6. The van der Waals surface area contributed by atoms with Gasteiger partial charge in [-0.15, -0.1) is 0 Å². The summed E-state index contributed by atoms with van der Waals surface area (Å²) in [6.07, 6.45) is 2.09. The molecule has 4 N–H and O–H groups in total. The molecule has 0 aromatic heterocycles. The molecule has 0 aliphatic carbocycles. The number of carboxylic acids is 1. The number of hydrogen-bond donors (Lipinski definition) is 3. The van der Waals surface area contributed by atoms with E-state index in [0.29, 0.717) is 6.42 Å². The molecule has 0 aliphatic rings. The van der Waals surface area contributed by atoms with Gasteiger partial charge in [0.15, 0.2) is 0 Å². The van der Waals surface area contributed by atoms with Crippen LogP contribution < -0.4 is 5.73 Å². The first-order chi connectivity index (χ1) is 6.50. The van der Waals surface area contributed by atoms with Gasteiger partial charge < -0.3 is 15.9 Å². The lowest BCUT2D eigenvalue weighted by atomic mass is 9.98. The summed E-state index contributed by atoms with van der Waals surface area (Å²) in [4.78, 5) is 10.6. The summed E-state index contributed by atoms with van der Waals surface area (Å²) in [5, 5.41) is 17.2. The molecule has 0 saturated heterocycles. The highest BCUT2D eigenvalue weighted by Crippen LogP contribution is 2.13. The van der Waals surface area contributed by atoms with Crippen LogP contribution in [-0.4, -0.2) is 39.8 Å². The molecule has 0 bridgehead atoms. The van der Waals surface area contributed by atoms with Crippen molar-refractivity contribution in [2.45, 2.75) is 31.7 Å². The van der Waals surface area contributed by atoms with Gasteiger partial charge in [-0.3, -0.25) is 4.79 Å². The number of rotatable bonds is 8. The maximum Gasteiger partial charge on any atom is 0.323 e. The largest absolute Gasteiger partial charge is 0.480 e. The number of hydrogen-bond acceptors (Lipinski definition) is 4. The van der Waals surface area contributed by atoms with Crippen LogP contribution in [0.1, 0.15) is 26.2 Å². The molecular weight excluding hydrogens is 202 g/mol. The number of carboxylic acid groups (broad SMARTS) is 1. The van der Waals surface area contributed by atoms with Gasteiger partial charge in [0, 0.05) is 6.61 Å². The number of carbonyl (C=O) groups is 1. The minimum atomic E-state index is -1.10. The van der Waals surface area contributed by atoms with Crippen LogP contribution in [0.2, 0.25) is 0 Å². The van der Waals surface area contributed by atoms with Crippen LogP contribution in [0.15, 0.2) is 0 Å². The van der Waals surface area contributed by atoms with Crippen LogP contribution >= 0.6 is 11.8 Å². The average Bonchev–Trinajstić information content (AvgIpc) is 2.10. The molecule has 0 radical (unpaired) electrons. The molecule has 0 spiro atoms. The molecule has 84 valence electrons.